The minimum absolute atomic E-state index is 0.102. The van der Waals surface area contributed by atoms with Crippen molar-refractivity contribution in [3.8, 4) is 5.88 Å². The average Bonchev–Trinajstić information content (AvgIpc) is 2.74. The average molecular weight is 349 g/mol. The number of amides is 1. The summed E-state index contributed by atoms with van der Waals surface area (Å²) >= 11 is 10.4. The summed E-state index contributed by atoms with van der Waals surface area (Å²) < 4.78 is 5.66. The fraction of sp³-hybridized carbons (Fsp3) is 0.100. The highest BCUT2D eigenvalue weighted by Gasteiger charge is 2.14. The van der Waals surface area contributed by atoms with Gasteiger partial charge in [0, 0.05) is 10.5 Å². The minimum atomic E-state index is -0.304. The van der Waals surface area contributed by atoms with Crippen molar-refractivity contribution in [1.29, 1.82) is 0 Å². The van der Waals surface area contributed by atoms with E-state index in [2.05, 4.69) is 31.2 Å². The Labute approximate surface area is 120 Å². The first-order valence-corrected chi connectivity index (χ1v) is 6.78. The van der Waals surface area contributed by atoms with Crippen molar-refractivity contribution >= 4 is 50.7 Å². The van der Waals surface area contributed by atoms with Crippen LogP contribution in [0.25, 0.3) is 0 Å². The first kappa shape index (κ1) is 13.3. The molecular formula is C10H7BrClN3O2S. The number of thiophene rings is 1. The highest BCUT2D eigenvalue weighted by Crippen LogP contribution is 2.24. The van der Waals surface area contributed by atoms with Crippen molar-refractivity contribution in [3.05, 3.63) is 32.0 Å². The van der Waals surface area contributed by atoms with E-state index >= 15 is 0 Å². The molecule has 0 aromatic carbocycles. The number of hydrogen-bond acceptors (Lipinski definition) is 5. The molecule has 94 valence electrons. The third kappa shape index (κ3) is 2.98. The number of halogens is 2. The maximum absolute atomic E-state index is 11.9. The van der Waals surface area contributed by atoms with Crippen LogP contribution in [0.15, 0.2) is 22.0 Å². The summed E-state index contributed by atoms with van der Waals surface area (Å²) in [5.74, 6) is 0.0846. The Morgan fingerprint density at radius 1 is 1.56 bits per heavy atom. The van der Waals surface area contributed by atoms with Crippen molar-refractivity contribution < 1.29 is 9.53 Å². The number of hydrogen-bond donors (Lipinski definition) is 1. The van der Waals surface area contributed by atoms with Gasteiger partial charge >= 0.3 is 0 Å². The maximum atomic E-state index is 11.9. The third-order valence-electron chi connectivity index (χ3n) is 1.93. The number of methoxy groups -OCH3 is 1. The van der Waals surface area contributed by atoms with Crippen LogP contribution in [-0.2, 0) is 0 Å². The summed E-state index contributed by atoms with van der Waals surface area (Å²) in [6.45, 7) is 0. The van der Waals surface area contributed by atoms with E-state index in [1.54, 1.807) is 11.4 Å². The van der Waals surface area contributed by atoms with Gasteiger partial charge in [-0.15, -0.1) is 11.3 Å². The van der Waals surface area contributed by atoms with E-state index in [4.69, 9.17) is 16.3 Å². The molecule has 0 spiro atoms. The molecular weight excluding hydrogens is 342 g/mol. The van der Waals surface area contributed by atoms with Gasteiger partial charge in [-0.25, -0.2) is 4.98 Å². The minimum Gasteiger partial charge on any atom is -0.481 e. The van der Waals surface area contributed by atoms with Gasteiger partial charge < -0.3 is 4.74 Å². The van der Waals surface area contributed by atoms with Gasteiger partial charge in [0.2, 0.25) is 11.8 Å². The third-order valence-corrected chi connectivity index (χ3v) is 3.96. The zero-order valence-corrected chi connectivity index (χ0v) is 12.3. The molecule has 0 bridgehead atoms. The highest BCUT2D eigenvalue weighted by molar-refractivity contribution is 9.10. The van der Waals surface area contributed by atoms with Gasteiger partial charge in [-0.3, -0.25) is 10.1 Å². The Bertz CT molecular complexity index is 590. The Morgan fingerprint density at radius 2 is 2.33 bits per heavy atom. The van der Waals surface area contributed by atoms with Crippen molar-refractivity contribution in [3.63, 3.8) is 0 Å². The molecule has 8 heteroatoms. The molecule has 2 heterocycles. The van der Waals surface area contributed by atoms with Crippen LogP contribution in [0, 0.1) is 0 Å². The van der Waals surface area contributed by atoms with Crippen LogP contribution in [0.3, 0.4) is 0 Å². The largest absolute Gasteiger partial charge is 0.481 e. The second-order valence-electron chi connectivity index (χ2n) is 3.11. The molecule has 0 atom stereocenters. The molecule has 2 aromatic rings. The van der Waals surface area contributed by atoms with E-state index < -0.39 is 0 Å². The standard InChI is InChI=1S/C10H7BrClN3O2S/c1-17-7-4-6(12)13-10(14-7)15-9(16)8-5(11)2-3-18-8/h2-4H,1H3,(H,13,14,15,16). The first-order chi connectivity index (χ1) is 8.60. The van der Waals surface area contributed by atoms with Gasteiger partial charge in [-0.2, -0.15) is 4.98 Å². The fourth-order valence-corrected chi connectivity index (χ4v) is 2.79. The van der Waals surface area contributed by atoms with Crippen molar-refractivity contribution in [2.75, 3.05) is 12.4 Å². The fourth-order valence-electron chi connectivity index (χ4n) is 1.17. The van der Waals surface area contributed by atoms with Gasteiger partial charge in [-0.05, 0) is 27.4 Å². The summed E-state index contributed by atoms with van der Waals surface area (Å²) in [5, 5.41) is 4.56. The molecule has 0 unspecified atom stereocenters. The van der Waals surface area contributed by atoms with Crippen LogP contribution in [0.4, 0.5) is 5.95 Å². The number of aromatic nitrogens is 2. The Morgan fingerprint density at radius 3 is 2.94 bits per heavy atom. The lowest BCUT2D eigenvalue weighted by molar-refractivity contribution is 0.102. The lowest BCUT2D eigenvalue weighted by atomic mass is 10.4. The number of ether oxygens (including phenoxy) is 1. The number of anilines is 1. The van der Waals surface area contributed by atoms with Gasteiger partial charge in [0.1, 0.15) is 10.0 Å². The maximum Gasteiger partial charge on any atom is 0.269 e. The number of nitrogens with one attached hydrogen (secondary N) is 1. The van der Waals surface area contributed by atoms with Crippen LogP contribution < -0.4 is 10.1 Å². The number of carbonyl (C=O) groups excluding carboxylic acids is 1. The molecule has 2 rings (SSSR count). The smallest absolute Gasteiger partial charge is 0.269 e. The van der Waals surface area contributed by atoms with Gasteiger partial charge in [0.25, 0.3) is 5.91 Å². The van der Waals surface area contributed by atoms with Crippen molar-refractivity contribution in [2.24, 2.45) is 0 Å². The lowest BCUT2D eigenvalue weighted by Crippen LogP contribution is -2.13. The van der Waals surface area contributed by atoms with Crippen LogP contribution in [0.2, 0.25) is 5.15 Å². The zero-order chi connectivity index (χ0) is 13.1. The van der Waals surface area contributed by atoms with Gasteiger partial charge in [0.05, 0.1) is 7.11 Å². The predicted molar refractivity (Wildman–Crippen MR) is 73.6 cm³/mol. The second-order valence-corrected chi connectivity index (χ2v) is 5.27. The molecule has 1 N–H and O–H groups in total. The number of nitrogens with zero attached hydrogens (tertiary/aromatic N) is 2. The molecule has 0 aliphatic heterocycles. The monoisotopic (exact) mass is 347 g/mol. The molecule has 18 heavy (non-hydrogen) atoms. The van der Waals surface area contributed by atoms with Crippen LogP contribution in [0.5, 0.6) is 5.88 Å². The topological polar surface area (TPSA) is 64.1 Å². The highest BCUT2D eigenvalue weighted by atomic mass is 79.9. The van der Waals surface area contributed by atoms with Crippen LogP contribution in [-0.4, -0.2) is 23.0 Å². The van der Waals surface area contributed by atoms with Crippen LogP contribution >= 0.6 is 38.9 Å². The molecule has 0 fully saturated rings. The Balaban J connectivity index is 2.22. The Hall–Kier alpha value is -1.18. The molecule has 0 radical (unpaired) electrons. The lowest BCUT2D eigenvalue weighted by Gasteiger charge is -2.05. The van der Waals surface area contributed by atoms with Crippen LogP contribution in [0.1, 0.15) is 9.67 Å². The summed E-state index contributed by atoms with van der Waals surface area (Å²) in [5.41, 5.74) is 0. The van der Waals surface area contributed by atoms with E-state index in [-0.39, 0.29) is 22.9 Å². The van der Waals surface area contributed by atoms with Gasteiger partial charge in [-0.1, -0.05) is 11.6 Å². The number of carbonyl (C=O) groups is 1. The van der Waals surface area contributed by atoms with Gasteiger partial charge in [0.15, 0.2) is 0 Å². The molecule has 5 nitrogen and oxygen atoms in total. The normalized spacial score (nSPS) is 10.2. The molecule has 0 aliphatic rings. The molecule has 0 saturated carbocycles. The van der Waals surface area contributed by atoms with Crippen molar-refractivity contribution in [1.82, 2.24) is 9.97 Å². The van der Waals surface area contributed by atoms with E-state index in [1.165, 1.54) is 24.5 Å². The summed E-state index contributed by atoms with van der Waals surface area (Å²) in [6.07, 6.45) is 0. The SMILES string of the molecule is COc1cc(Cl)nc(NC(=O)c2sccc2Br)n1. The van der Waals surface area contributed by atoms with E-state index in [0.717, 1.165) is 4.47 Å². The summed E-state index contributed by atoms with van der Waals surface area (Å²) in [7, 11) is 1.46. The van der Waals surface area contributed by atoms with Crippen molar-refractivity contribution in [2.45, 2.75) is 0 Å². The first-order valence-electron chi connectivity index (χ1n) is 4.73. The molecule has 2 aromatic heterocycles. The quantitative estimate of drug-likeness (QED) is 0.865. The summed E-state index contributed by atoms with van der Waals surface area (Å²) in [4.78, 5) is 20.3. The molecule has 0 saturated heterocycles. The second kappa shape index (κ2) is 5.64. The zero-order valence-electron chi connectivity index (χ0n) is 9.11. The summed E-state index contributed by atoms with van der Waals surface area (Å²) in [6, 6.07) is 3.25. The predicted octanol–water partition coefficient (Wildman–Crippen LogP) is 3.21. The van der Waals surface area contributed by atoms with E-state index in [1.807, 2.05) is 0 Å². The number of rotatable bonds is 3. The molecule has 0 aliphatic carbocycles. The molecule has 1 amide bonds. The van der Waals surface area contributed by atoms with E-state index in [0.29, 0.717) is 4.88 Å². The van der Waals surface area contributed by atoms with E-state index in [9.17, 15) is 4.79 Å². The Kier molecular flexibility index (Phi) is 4.15.